The van der Waals surface area contributed by atoms with E-state index in [0.717, 1.165) is 84.9 Å². The summed E-state index contributed by atoms with van der Waals surface area (Å²) in [6.07, 6.45) is 0. The molecule has 0 aromatic heterocycles. The number of benzene rings is 8. The summed E-state index contributed by atoms with van der Waals surface area (Å²) in [5.74, 6) is -4.41. The van der Waals surface area contributed by atoms with Crippen molar-refractivity contribution in [3.63, 3.8) is 0 Å². The molecule has 1 amide bonds. The van der Waals surface area contributed by atoms with Crippen LogP contribution in [0.25, 0.3) is 21.5 Å². The van der Waals surface area contributed by atoms with Crippen LogP contribution < -0.4 is 16.8 Å². The Bertz CT molecular complexity index is 5650. The number of rotatable bonds is 22. The summed E-state index contributed by atoms with van der Waals surface area (Å²) in [6.45, 7) is 2.25. The molecule has 0 saturated carbocycles. The highest BCUT2D eigenvalue weighted by Gasteiger charge is 2.31. The molecule has 0 radical (unpaired) electrons. The van der Waals surface area contributed by atoms with Crippen molar-refractivity contribution in [3.8, 4) is 11.5 Å². The fourth-order valence-electron chi connectivity index (χ4n) is 8.30. The van der Waals surface area contributed by atoms with Crippen LogP contribution in [0.3, 0.4) is 0 Å². The van der Waals surface area contributed by atoms with E-state index in [1.165, 1.54) is 0 Å². The van der Waals surface area contributed by atoms with E-state index in [9.17, 15) is 105 Å². The van der Waals surface area contributed by atoms with Gasteiger partial charge in [0.15, 0.2) is 31.2 Å². The topological polar surface area (TPSA) is 624 Å². The number of phenolic OH excluding ortho intramolecular Hbond substituents is 2. The fraction of sp³-hybridized carbons (Fsp3) is 0.0408. The van der Waals surface area contributed by atoms with Gasteiger partial charge in [0.05, 0.1) is 61.4 Å². The minimum atomic E-state index is -5.54. The van der Waals surface area contributed by atoms with Crippen molar-refractivity contribution < 1.29 is 114 Å². The van der Waals surface area contributed by atoms with Gasteiger partial charge in [-0.1, -0.05) is 6.58 Å². The number of carbonyl (C=O) groups excluding carboxylic acids is 1. The second-order valence-electron chi connectivity index (χ2n) is 18.7. The highest BCUT2D eigenvalue weighted by molar-refractivity contribution is 7.94. The number of nitrogen functional groups attached to an aromatic ring is 2. The van der Waals surface area contributed by atoms with E-state index in [0.29, 0.717) is 35.7 Å². The number of hydrogen-bond donors (Lipinski definition) is 11. The molecule has 0 aliphatic rings. The van der Waals surface area contributed by atoms with Crippen LogP contribution in [0, 0.1) is 0 Å². The van der Waals surface area contributed by atoms with Crippen LogP contribution in [0.1, 0.15) is 10.4 Å². The molecule has 0 atom stereocenters. The van der Waals surface area contributed by atoms with Crippen LogP contribution in [0.15, 0.2) is 202 Å². The molecule has 94 heavy (non-hydrogen) atoms. The van der Waals surface area contributed by atoms with E-state index in [2.05, 4.69) is 57.0 Å². The number of carbonyl (C=O) groups is 1. The second-order valence-corrected chi connectivity index (χ2v) is 30.8. The lowest BCUT2D eigenvalue weighted by atomic mass is 10.1. The third kappa shape index (κ3) is 15.7. The van der Waals surface area contributed by atoms with Gasteiger partial charge in [0.25, 0.3) is 56.5 Å². The van der Waals surface area contributed by atoms with Gasteiger partial charge in [-0.25, -0.2) is 21.0 Å². The maximum absolute atomic E-state index is 13.6. The summed E-state index contributed by atoms with van der Waals surface area (Å²) in [5, 5.41) is 53.5. The molecule has 0 heterocycles. The monoisotopic (exact) mass is 1450 g/mol. The summed E-state index contributed by atoms with van der Waals surface area (Å²) >= 11 is 0. The van der Waals surface area contributed by atoms with E-state index in [4.69, 9.17) is 16.0 Å². The van der Waals surface area contributed by atoms with Crippen molar-refractivity contribution in [1.29, 1.82) is 0 Å². The number of hydrogen-bond acceptors (Lipinski definition) is 30. The Balaban J connectivity index is 1.10. The Morgan fingerprint density at radius 1 is 0.457 bits per heavy atom. The lowest BCUT2D eigenvalue weighted by Crippen LogP contribution is -2.15. The maximum atomic E-state index is 13.6. The number of anilines is 3. The Hall–Kier alpha value is -9.59. The number of azo groups is 4. The average Bonchev–Trinajstić information content (AvgIpc) is 0.747. The summed E-state index contributed by atoms with van der Waals surface area (Å²) < 4.78 is 261. The number of sulfone groups is 2. The molecule has 0 fully saturated rings. The SMILES string of the molecule is C=CS(=O)(=O)c1ccc(N=Nc2c(S(=O)(=O)O)cc3cc(S(=O)(=O)O)c(N=Nc4cc(NC(=O)c5ccc(N=Nc6c(S(=O)(=O)O)cc7cc(S(=O)(=O)O)c(N=Nc8ccc(S(=O)(=O)CCOS(=O)(=O)O)cc8)c(N)c7c6O)cc5)ccc4S(=O)(=O)O)c(O)c3c2N)cc1. The number of fused-ring (bicyclic) bond motifs is 2. The van der Waals surface area contributed by atoms with Gasteiger partial charge >= 0.3 is 10.4 Å². The van der Waals surface area contributed by atoms with E-state index < -0.39 is 201 Å². The van der Waals surface area contributed by atoms with E-state index in [-0.39, 0.29) is 33.2 Å². The largest absolute Gasteiger partial charge is 0.505 e. The molecule has 0 aliphatic carbocycles. The highest BCUT2D eigenvalue weighted by atomic mass is 32.3. The maximum Gasteiger partial charge on any atom is 0.397 e. The van der Waals surface area contributed by atoms with Crippen LogP contribution in [-0.4, -0.2) is 123 Å². The molecule has 8 aromatic carbocycles. The lowest BCUT2D eigenvalue weighted by molar-refractivity contribution is 0.102. The van der Waals surface area contributed by atoms with Crippen LogP contribution in [-0.2, 0) is 84.8 Å². The van der Waals surface area contributed by atoms with E-state index in [1.807, 2.05) is 0 Å². The van der Waals surface area contributed by atoms with Crippen LogP contribution in [0.4, 0.5) is 62.6 Å². The van der Waals surface area contributed by atoms with Gasteiger partial charge < -0.3 is 27.0 Å². The van der Waals surface area contributed by atoms with Gasteiger partial charge in [-0.3, -0.25) is 32.1 Å². The molecule has 8 rings (SSSR count). The highest BCUT2D eigenvalue weighted by Crippen LogP contribution is 2.50. The Labute approximate surface area is 529 Å². The number of nitrogens with zero attached hydrogens (tertiary/aromatic N) is 8. The average molecular weight is 1450 g/mol. The summed E-state index contributed by atoms with van der Waals surface area (Å²) in [7, 11) is -40.0. The van der Waals surface area contributed by atoms with Crippen molar-refractivity contribution in [1.82, 2.24) is 0 Å². The third-order valence-electron chi connectivity index (χ3n) is 12.6. The third-order valence-corrected chi connectivity index (χ3v) is 20.5. The molecule has 13 N–H and O–H groups in total. The molecule has 8 aromatic rings. The van der Waals surface area contributed by atoms with E-state index in [1.54, 1.807) is 0 Å². The standard InChI is InChI=1S/C49H39N11O26S8/c1-2-87(64,65)31-12-7-28(8-13-31)53-57-44-36(91(74,75)76)20-26-22-38(93(80,81)82)46(48(62)40(26)42(44)51)60-56-33-23-30(11-16-34(33)89(68,69)70)52-49(63)24-3-5-27(6-4-24)55-59-45-37(92(77,78)79)21-25-19-35(90(71,72)73)43(41(50)39(25)47(45)61)58-54-29-9-14-32(15-10-29)88(66,67)18-17-86-94(83,84)85/h2-16,19-23,61-62H,1,17-18,50-51H2,(H,52,63)(H,68,69,70)(H,71,72,73)(H,74,75,76)(H,77,78,79)(H,80,81,82)(H,83,84,85). The first-order valence-corrected chi connectivity index (χ1v) is 36.4. The van der Waals surface area contributed by atoms with Gasteiger partial charge in [0.1, 0.15) is 52.9 Å². The minimum absolute atomic E-state index is 0.127. The van der Waals surface area contributed by atoms with E-state index >= 15 is 0 Å². The number of phenols is 2. The molecule has 0 bridgehead atoms. The van der Waals surface area contributed by atoms with Crippen molar-refractivity contribution in [2.75, 3.05) is 29.1 Å². The zero-order valence-electron chi connectivity index (χ0n) is 46.1. The summed E-state index contributed by atoms with van der Waals surface area (Å²) in [6, 6.07) is 17.3. The predicted octanol–water partition coefficient (Wildman–Crippen LogP) is 8.23. The molecular formula is C49H39N11O26S8. The molecule has 0 aliphatic heterocycles. The van der Waals surface area contributed by atoms with Crippen LogP contribution in [0.2, 0.25) is 0 Å². The van der Waals surface area contributed by atoms with Gasteiger partial charge in [-0.05, 0) is 126 Å². The molecule has 37 nitrogen and oxygen atoms in total. The zero-order chi connectivity index (χ0) is 69.6. The Kier molecular flexibility index (Phi) is 19.2. The first-order chi connectivity index (χ1) is 43.4. The normalized spacial score (nSPS) is 13.3. The number of nitrogens with two attached hydrogens (primary N) is 2. The predicted molar refractivity (Wildman–Crippen MR) is 326 cm³/mol. The summed E-state index contributed by atoms with van der Waals surface area (Å²) in [5.41, 5.74) is 4.80. The molecule has 494 valence electrons. The summed E-state index contributed by atoms with van der Waals surface area (Å²) in [4.78, 5) is 7.07. The number of nitrogens with one attached hydrogen (secondary N) is 1. The smallest absolute Gasteiger partial charge is 0.397 e. The molecule has 45 heteroatoms. The quantitative estimate of drug-likeness (QED) is 0.0173. The van der Waals surface area contributed by atoms with Gasteiger partial charge in [0.2, 0.25) is 0 Å². The van der Waals surface area contributed by atoms with Crippen molar-refractivity contribution >= 4 is 171 Å². The fourth-order valence-corrected chi connectivity index (χ4v) is 13.8. The molecular weight excluding hydrogens is 1420 g/mol. The van der Waals surface area contributed by atoms with Crippen LogP contribution in [0.5, 0.6) is 11.5 Å². The van der Waals surface area contributed by atoms with Crippen molar-refractivity contribution in [2.24, 2.45) is 40.9 Å². The van der Waals surface area contributed by atoms with Gasteiger partial charge in [-0.2, -0.15) is 65.8 Å². The van der Waals surface area contributed by atoms with Gasteiger partial charge in [-0.15, -0.1) is 25.6 Å². The van der Waals surface area contributed by atoms with Crippen molar-refractivity contribution in [2.45, 2.75) is 34.3 Å². The van der Waals surface area contributed by atoms with Crippen molar-refractivity contribution in [3.05, 3.63) is 133 Å². The molecule has 0 saturated heterocycles. The Morgan fingerprint density at radius 2 is 0.819 bits per heavy atom. The molecule has 0 spiro atoms. The lowest BCUT2D eigenvalue weighted by Gasteiger charge is -2.14. The zero-order valence-corrected chi connectivity index (χ0v) is 52.6. The first-order valence-electron chi connectivity index (χ1n) is 24.7. The molecule has 0 unspecified atom stereocenters. The minimum Gasteiger partial charge on any atom is -0.505 e. The second kappa shape index (κ2) is 25.7. The Morgan fingerprint density at radius 3 is 1.20 bits per heavy atom. The van der Waals surface area contributed by atoms with Crippen LogP contribution >= 0.6 is 0 Å². The van der Waals surface area contributed by atoms with Gasteiger partial charge in [0, 0.05) is 16.7 Å². The number of amides is 1. The number of aromatic hydroxyl groups is 2. The first kappa shape index (κ1) is 70.3.